The highest BCUT2D eigenvalue weighted by molar-refractivity contribution is 8.13. The summed E-state index contributed by atoms with van der Waals surface area (Å²) in [4.78, 5) is 11.6. The first-order valence-electron chi connectivity index (χ1n) is 4.80. The van der Waals surface area contributed by atoms with Crippen molar-refractivity contribution in [2.45, 2.75) is 23.8 Å². The van der Waals surface area contributed by atoms with Gasteiger partial charge in [0.1, 0.15) is 10.6 Å². The number of aromatic nitrogens is 1. The summed E-state index contributed by atoms with van der Waals surface area (Å²) in [5, 5.41) is 2.78. The summed E-state index contributed by atoms with van der Waals surface area (Å²) in [5.41, 5.74) is 0.297. The van der Waals surface area contributed by atoms with Gasteiger partial charge >= 0.3 is 0 Å². The molecule has 1 aliphatic carbocycles. The van der Waals surface area contributed by atoms with Crippen LogP contribution in [0.2, 0.25) is 0 Å². The highest BCUT2D eigenvalue weighted by Crippen LogP contribution is 2.21. The summed E-state index contributed by atoms with van der Waals surface area (Å²) in [6.45, 7) is 0. The number of rotatable bonds is 3. The molecule has 0 atom stereocenters. The summed E-state index contributed by atoms with van der Waals surface area (Å²) in [7, 11) is 3.02. The molecule has 0 bridgehead atoms. The molecule has 0 unspecified atom stereocenters. The highest BCUT2D eigenvalue weighted by Gasteiger charge is 2.26. The number of nitrogens with zero attached hydrogens (tertiary/aromatic N) is 1. The lowest BCUT2D eigenvalue weighted by Crippen LogP contribution is -2.27. The number of nitrogens with one attached hydrogen (secondary N) is 1. The molecule has 7 heteroatoms. The molecule has 0 aliphatic heterocycles. The van der Waals surface area contributed by atoms with Gasteiger partial charge in [0.15, 0.2) is 0 Å². The standard InChI is InChI=1S/C9H11ClN2O3S/c1-12-5-7(16(10,14)15)4-8(12)9(13)11-6-2-3-6/h4-6H,2-3H2,1H3,(H,11,13). The van der Waals surface area contributed by atoms with Crippen molar-refractivity contribution in [1.82, 2.24) is 9.88 Å². The zero-order valence-corrected chi connectivity index (χ0v) is 10.2. The first-order chi connectivity index (χ1) is 7.38. The van der Waals surface area contributed by atoms with Crippen LogP contribution in [0.15, 0.2) is 17.2 Å². The molecule has 1 amide bonds. The van der Waals surface area contributed by atoms with Crippen LogP contribution in [-0.2, 0) is 16.1 Å². The number of hydrogen-bond donors (Lipinski definition) is 1. The zero-order chi connectivity index (χ0) is 11.9. The number of carbonyl (C=O) groups excluding carboxylic acids is 1. The molecule has 88 valence electrons. The Hall–Kier alpha value is -1.01. The van der Waals surface area contributed by atoms with E-state index in [1.165, 1.54) is 16.8 Å². The Morgan fingerprint density at radius 1 is 1.56 bits per heavy atom. The molecule has 0 radical (unpaired) electrons. The van der Waals surface area contributed by atoms with Crippen molar-refractivity contribution >= 4 is 25.6 Å². The lowest BCUT2D eigenvalue weighted by Gasteiger charge is -2.03. The zero-order valence-electron chi connectivity index (χ0n) is 8.60. The first-order valence-corrected chi connectivity index (χ1v) is 7.11. The molecule has 1 aromatic rings. The molecule has 0 saturated heterocycles. The molecule has 2 rings (SSSR count). The molecular formula is C9H11ClN2O3S. The second kappa shape index (κ2) is 3.78. The van der Waals surface area contributed by atoms with Crippen molar-refractivity contribution in [1.29, 1.82) is 0 Å². The smallest absolute Gasteiger partial charge is 0.268 e. The van der Waals surface area contributed by atoms with Crippen LogP contribution >= 0.6 is 10.7 Å². The number of amides is 1. The van der Waals surface area contributed by atoms with E-state index in [0.29, 0.717) is 5.69 Å². The molecule has 5 nitrogen and oxygen atoms in total. The molecule has 1 aromatic heterocycles. The van der Waals surface area contributed by atoms with E-state index in [0.717, 1.165) is 12.8 Å². The summed E-state index contributed by atoms with van der Waals surface area (Å²) in [6.07, 6.45) is 3.29. The number of halogens is 1. The third kappa shape index (κ3) is 2.38. The van der Waals surface area contributed by atoms with Crippen LogP contribution in [0.3, 0.4) is 0 Å². The Morgan fingerprint density at radius 2 is 2.19 bits per heavy atom. The second-order valence-corrected chi connectivity index (χ2v) is 6.42. The lowest BCUT2D eigenvalue weighted by atomic mass is 10.4. The molecule has 1 fully saturated rings. The molecular weight excluding hydrogens is 252 g/mol. The molecule has 1 heterocycles. The topological polar surface area (TPSA) is 68.2 Å². The summed E-state index contributed by atoms with van der Waals surface area (Å²) in [5.74, 6) is -0.267. The largest absolute Gasteiger partial charge is 0.348 e. The van der Waals surface area contributed by atoms with E-state index in [4.69, 9.17) is 10.7 Å². The Morgan fingerprint density at radius 3 is 2.62 bits per heavy atom. The second-order valence-electron chi connectivity index (χ2n) is 3.86. The Balaban J connectivity index is 2.27. The number of hydrogen-bond acceptors (Lipinski definition) is 3. The molecule has 0 spiro atoms. The average Bonchev–Trinajstić information content (AvgIpc) is 2.85. The average molecular weight is 263 g/mol. The fourth-order valence-corrected chi connectivity index (χ4v) is 2.17. The summed E-state index contributed by atoms with van der Waals surface area (Å²) in [6, 6.07) is 1.51. The number of carbonyl (C=O) groups is 1. The van der Waals surface area contributed by atoms with E-state index in [1.54, 1.807) is 7.05 Å². The molecule has 1 aliphatic rings. The van der Waals surface area contributed by atoms with Crippen LogP contribution < -0.4 is 5.32 Å². The van der Waals surface area contributed by atoms with Gasteiger partial charge in [-0.2, -0.15) is 0 Å². The van der Waals surface area contributed by atoms with E-state index >= 15 is 0 Å². The van der Waals surface area contributed by atoms with Gasteiger partial charge < -0.3 is 9.88 Å². The quantitative estimate of drug-likeness (QED) is 0.821. The highest BCUT2D eigenvalue weighted by atomic mass is 35.7. The molecule has 0 aromatic carbocycles. The van der Waals surface area contributed by atoms with Gasteiger partial charge in [-0.1, -0.05) is 0 Å². The number of aryl methyl sites for hydroxylation is 1. The Kier molecular flexibility index (Phi) is 2.71. The molecule has 1 N–H and O–H groups in total. The summed E-state index contributed by atoms with van der Waals surface area (Å²) < 4.78 is 23.6. The first kappa shape index (κ1) is 11.5. The van der Waals surface area contributed by atoms with Gasteiger partial charge in [-0.05, 0) is 18.9 Å². The van der Waals surface area contributed by atoms with E-state index in [-0.39, 0.29) is 16.8 Å². The minimum Gasteiger partial charge on any atom is -0.348 e. The van der Waals surface area contributed by atoms with Crippen molar-refractivity contribution in [2.75, 3.05) is 0 Å². The Bertz CT molecular complexity index is 531. The van der Waals surface area contributed by atoms with Gasteiger partial charge in [-0.15, -0.1) is 0 Å². The lowest BCUT2D eigenvalue weighted by molar-refractivity contribution is 0.0943. The fourth-order valence-electron chi connectivity index (χ4n) is 1.38. The van der Waals surface area contributed by atoms with Crippen LogP contribution in [0.25, 0.3) is 0 Å². The van der Waals surface area contributed by atoms with E-state index < -0.39 is 9.05 Å². The Labute approximate surface area is 97.8 Å². The van der Waals surface area contributed by atoms with Crippen LogP contribution in [0.4, 0.5) is 0 Å². The third-order valence-corrected chi connectivity index (χ3v) is 3.73. The van der Waals surface area contributed by atoms with Crippen molar-refractivity contribution in [3.8, 4) is 0 Å². The van der Waals surface area contributed by atoms with Gasteiger partial charge in [-0.25, -0.2) is 8.42 Å². The SMILES string of the molecule is Cn1cc(S(=O)(=O)Cl)cc1C(=O)NC1CC1. The fraction of sp³-hybridized carbons (Fsp3) is 0.444. The minimum absolute atomic E-state index is 0.0578. The van der Waals surface area contributed by atoms with Crippen LogP contribution in [0.5, 0.6) is 0 Å². The molecule has 1 saturated carbocycles. The van der Waals surface area contributed by atoms with Crippen molar-refractivity contribution in [3.63, 3.8) is 0 Å². The van der Waals surface area contributed by atoms with Gasteiger partial charge in [0.05, 0.1) is 0 Å². The maximum Gasteiger partial charge on any atom is 0.268 e. The minimum atomic E-state index is -3.78. The summed E-state index contributed by atoms with van der Waals surface area (Å²) >= 11 is 0. The van der Waals surface area contributed by atoms with Crippen molar-refractivity contribution in [2.24, 2.45) is 7.05 Å². The van der Waals surface area contributed by atoms with Gasteiger partial charge in [-0.3, -0.25) is 4.79 Å². The predicted molar refractivity (Wildman–Crippen MR) is 58.9 cm³/mol. The molecule has 16 heavy (non-hydrogen) atoms. The maximum absolute atomic E-state index is 11.7. The van der Waals surface area contributed by atoms with Crippen LogP contribution in [0.1, 0.15) is 23.3 Å². The van der Waals surface area contributed by atoms with E-state index in [2.05, 4.69) is 5.32 Å². The monoisotopic (exact) mass is 262 g/mol. The van der Waals surface area contributed by atoms with Crippen molar-refractivity contribution in [3.05, 3.63) is 18.0 Å². The van der Waals surface area contributed by atoms with Crippen LogP contribution in [0, 0.1) is 0 Å². The van der Waals surface area contributed by atoms with E-state index in [9.17, 15) is 13.2 Å². The maximum atomic E-state index is 11.7. The van der Waals surface area contributed by atoms with Gasteiger partial charge in [0, 0.05) is 30.0 Å². The normalized spacial score (nSPS) is 16.1. The van der Waals surface area contributed by atoms with Gasteiger partial charge in [0.2, 0.25) is 0 Å². The van der Waals surface area contributed by atoms with E-state index in [1.807, 2.05) is 0 Å². The predicted octanol–water partition coefficient (Wildman–Crippen LogP) is 0.845. The van der Waals surface area contributed by atoms with Gasteiger partial charge in [0.25, 0.3) is 15.0 Å². The third-order valence-electron chi connectivity index (χ3n) is 2.41. The van der Waals surface area contributed by atoms with Crippen LogP contribution in [-0.4, -0.2) is 24.9 Å². The van der Waals surface area contributed by atoms with Crippen molar-refractivity contribution < 1.29 is 13.2 Å².